The van der Waals surface area contributed by atoms with Crippen LogP contribution in [0.2, 0.25) is 5.02 Å². The highest BCUT2D eigenvalue weighted by Gasteiger charge is 2.13. The molecule has 0 fully saturated rings. The Morgan fingerprint density at radius 3 is 2.52 bits per heavy atom. The van der Waals surface area contributed by atoms with Gasteiger partial charge < -0.3 is 9.73 Å². The summed E-state index contributed by atoms with van der Waals surface area (Å²) in [5, 5.41) is 4.26. The maximum atomic E-state index is 12.2. The fourth-order valence-electron chi connectivity index (χ4n) is 2.10. The lowest BCUT2D eigenvalue weighted by molar-refractivity contribution is 0.0940. The molecule has 0 atom stereocenters. The van der Waals surface area contributed by atoms with E-state index in [4.69, 9.17) is 28.2 Å². The second kappa shape index (κ2) is 7.33. The van der Waals surface area contributed by atoms with Gasteiger partial charge in [-0.1, -0.05) is 29.8 Å². The summed E-state index contributed by atoms with van der Waals surface area (Å²) in [6.45, 7) is 0. The van der Waals surface area contributed by atoms with Crippen molar-refractivity contribution in [2.24, 2.45) is 0 Å². The first-order valence-electron chi connectivity index (χ1n) is 7.19. The minimum Gasteiger partial charge on any atom is -0.422 e. The van der Waals surface area contributed by atoms with Gasteiger partial charge in [0.05, 0.1) is 0 Å². The molecule has 126 valence electrons. The lowest BCUT2D eigenvalue weighted by Gasteiger charge is -2.11. The van der Waals surface area contributed by atoms with Crippen LogP contribution in [0.3, 0.4) is 0 Å². The Balaban J connectivity index is 1.66. The highest BCUT2D eigenvalue weighted by atomic mass is 35.5. The second-order valence-electron chi connectivity index (χ2n) is 5.03. The minimum absolute atomic E-state index is 0.125. The Hall–Kier alpha value is -2.90. The lowest BCUT2D eigenvalue weighted by Crippen LogP contribution is -2.44. The SMILES string of the molecule is O=C(NNC(=S)Nc1ccc(Cl)cc1)c1cc2ccccc2oc1=O. The van der Waals surface area contributed by atoms with Crippen molar-refractivity contribution in [3.63, 3.8) is 0 Å². The van der Waals surface area contributed by atoms with Crippen LogP contribution in [0.1, 0.15) is 10.4 Å². The van der Waals surface area contributed by atoms with E-state index in [1.165, 1.54) is 6.07 Å². The molecule has 0 spiro atoms. The first-order valence-corrected chi connectivity index (χ1v) is 7.97. The molecule has 1 heterocycles. The highest BCUT2D eigenvalue weighted by molar-refractivity contribution is 7.80. The molecule has 8 heteroatoms. The van der Waals surface area contributed by atoms with Gasteiger partial charge in [0.15, 0.2) is 5.11 Å². The maximum Gasteiger partial charge on any atom is 0.349 e. The Kier molecular flexibility index (Phi) is 4.97. The van der Waals surface area contributed by atoms with Gasteiger partial charge in [0.25, 0.3) is 5.91 Å². The van der Waals surface area contributed by atoms with Crippen LogP contribution in [0.5, 0.6) is 0 Å². The van der Waals surface area contributed by atoms with Gasteiger partial charge in [-0.15, -0.1) is 0 Å². The van der Waals surface area contributed by atoms with Gasteiger partial charge in [-0.3, -0.25) is 15.6 Å². The number of carbonyl (C=O) groups excluding carboxylic acids is 1. The van der Waals surface area contributed by atoms with Crippen LogP contribution in [0.4, 0.5) is 5.69 Å². The van der Waals surface area contributed by atoms with Crippen LogP contribution in [-0.4, -0.2) is 11.0 Å². The molecule has 25 heavy (non-hydrogen) atoms. The van der Waals surface area contributed by atoms with E-state index in [0.29, 0.717) is 21.7 Å². The van der Waals surface area contributed by atoms with Gasteiger partial charge in [0, 0.05) is 16.1 Å². The number of rotatable bonds is 2. The van der Waals surface area contributed by atoms with E-state index in [1.54, 1.807) is 48.5 Å². The number of anilines is 1. The monoisotopic (exact) mass is 373 g/mol. The summed E-state index contributed by atoms with van der Waals surface area (Å²) in [5.41, 5.74) is 5.14. The molecule has 1 aromatic heterocycles. The van der Waals surface area contributed by atoms with Gasteiger partial charge in [0.1, 0.15) is 11.1 Å². The van der Waals surface area contributed by atoms with Gasteiger partial charge >= 0.3 is 5.63 Å². The molecule has 0 saturated heterocycles. The van der Waals surface area contributed by atoms with E-state index < -0.39 is 11.5 Å². The molecule has 3 rings (SSSR count). The summed E-state index contributed by atoms with van der Waals surface area (Å²) in [5.74, 6) is -0.653. The minimum atomic E-state index is -0.727. The maximum absolute atomic E-state index is 12.2. The third-order valence-electron chi connectivity index (χ3n) is 3.28. The number of benzene rings is 2. The van der Waals surface area contributed by atoms with Crippen LogP contribution in [0, 0.1) is 0 Å². The number of fused-ring (bicyclic) bond motifs is 1. The van der Waals surface area contributed by atoms with Crippen molar-refractivity contribution < 1.29 is 9.21 Å². The number of halogens is 1. The van der Waals surface area contributed by atoms with Gasteiger partial charge in [0.2, 0.25) is 0 Å². The van der Waals surface area contributed by atoms with E-state index in [9.17, 15) is 9.59 Å². The summed E-state index contributed by atoms with van der Waals surface area (Å²) >= 11 is 10.9. The number of hydrogen-bond donors (Lipinski definition) is 3. The standard InChI is InChI=1S/C17H12ClN3O3S/c18-11-5-7-12(8-6-11)19-17(25)21-20-15(22)13-9-10-3-1-2-4-14(10)24-16(13)23/h1-9H,(H,20,22)(H2,19,21,25). The number of hydrazine groups is 1. The van der Waals surface area contributed by atoms with Crippen molar-refractivity contribution in [1.29, 1.82) is 0 Å². The third-order valence-corrected chi connectivity index (χ3v) is 3.73. The molecule has 0 radical (unpaired) electrons. The van der Waals surface area contributed by atoms with Crippen molar-refractivity contribution >= 4 is 51.5 Å². The van der Waals surface area contributed by atoms with Crippen LogP contribution < -0.4 is 21.8 Å². The molecule has 2 aromatic carbocycles. The fraction of sp³-hybridized carbons (Fsp3) is 0. The Morgan fingerprint density at radius 2 is 1.76 bits per heavy atom. The van der Waals surface area contributed by atoms with Crippen molar-refractivity contribution in [3.05, 3.63) is 75.6 Å². The van der Waals surface area contributed by atoms with E-state index in [1.807, 2.05) is 0 Å². The highest BCUT2D eigenvalue weighted by Crippen LogP contribution is 2.13. The van der Waals surface area contributed by atoms with Crippen molar-refractivity contribution in [1.82, 2.24) is 10.9 Å². The summed E-state index contributed by atoms with van der Waals surface area (Å²) in [4.78, 5) is 24.1. The van der Waals surface area contributed by atoms with Gasteiger partial charge in [-0.05, 0) is 48.6 Å². The first-order chi connectivity index (χ1) is 12.0. The van der Waals surface area contributed by atoms with E-state index in [0.717, 1.165) is 0 Å². The van der Waals surface area contributed by atoms with Crippen LogP contribution in [0.25, 0.3) is 11.0 Å². The zero-order chi connectivity index (χ0) is 17.8. The lowest BCUT2D eigenvalue weighted by atomic mass is 10.2. The normalized spacial score (nSPS) is 10.3. The number of hydrogen-bond acceptors (Lipinski definition) is 4. The molecule has 0 aliphatic heterocycles. The summed E-state index contributed by atoms with van der Waals surface area (Å²) in [7, 11) is 0. The predicted molar refractivity (Wildman–Crippen MR) is 101 cm³/mol. The third kappa shape index (κ3) is 4.14. The summed E-state index contributed by atoms with van der Waals surface area (Å²) in [6, 6.07) is 15.3. The smallest absolute Gasteiger partial charge is 0.349 e. The Morgan fingerprint density at radius 1 is 1.04 bits per heavy atom. The number of carbonyl (C=O) groups is 1. The molecule has 0 saturated carbocycles. The molecule has 6 nitrogen and oxygen atoms in total. The van der Waals surface area contributed by atoms with Crippen LogP contribution in [-0.2, 0) is 0 Å². The van der Waals surface area contributed by atoms with Gasteiger partial charge in [-0.25, -0.2) is 4.79 Å². The zero-order valence-electron chi connectivity index (χ0n) is 12.7. The van der Waals surface area contributed by atoms with Gasteiger partial charge in [-0.2, -0.15) is 0 Å². The molecule has 3 N–H and O–H groups in total. The molecular weight excluding hydrogens is 362 g/mol. The Bertz CT molecular complexity index is 1000. The van der Waals surface area contributed by atoms with E-state index >= 15 is 0 Å². The van der Waals surface area contributed by atoms with E-state index in [2.05, 4.69) is 16.2 Å². The molecule has 0 unspecified atom stereocenters. The molecule has 0 bridgehead atoms. The predicted octanol–water partition coefficient (Wildman–Crippen LogP) is 3.08. The Labute approximate surface area is 152 Å². The van der Waals surface area contributed by atoms with Crippen LogP contribution >= 0.6 is 23.8 Å². The summed E-state index contributed by atoms with van der Waals surface area (Å²) < 4.78 is 5.12. The quantitative estimate of drug-likeness (QED) is 0.364. The molecule has 0 aliphatic carbocycles. The van der Waals surface area contributed by atoms with Crippen molar-refractivity contribution in [3.8, 4) is 0 Å². The summed E-state index contributed by atoms with van der Waals surface area (Å²) in [6.07, 6.45) is 0. The van der Waals surface area contributed by atoms with Crippen LogP contribution in [0.15, 0.2) is 63.8 Å². The largest absolute Gasteiger partial charge is 0.422 e. The molecule has 0 aliphatic rings. The zero-order valence-corrected chi connectivity index (χ0v) is 14.3. The first kappa shape index (κ1) is 16.9. The topological polar surface area (TPSA) is 83.4 Å². The molecule has 3 aromatic rings. The number of amides is 1. The molecular formula is C17H12ClN3O3S. The van der Waals surface area contributed by atoms with Crippen molar-refractivity contribution in [2.75, 3.05) is 5.32 Å². The van der Waals surface area contributed by atoms with Crippen molar-refractivity contribution in [2.45, 2.75) is 0 Å². The number of thiocarbonyl (C=S) groups is 1. The average molecular weight is 374 g/mol. The second-order valence-corrected chi connectivity index (χ2v) is 5.87. The van der Waals surface area contributed by atoms with E-state index in [-0.39, 0.29) is 10.7 Å². The number of para-hydroxylation sites is 1. The average Bonchev–Trinajstić information content (AvgIpc) is 2.61. The molecule has 1 amide bonds. The number of nitrogens with one attached hydrogen (secondary N) is 3. The fourth-order valence-corrected chi connectivity index (χ4v) is 2.39.